The quantitative estimate of drug-likeness (QED) is 0.0273. The summed E-state index contributed by atoms with van der Waals surface area (Å²) in [6.07, 6.45) is 60.1. The maximum Gasteiger partial charge on any atom is 0.268 e. The summed E-state index contributed by atoms with van der Waals surface area (Å²) in [5.74, 6) is -0.238. The van der Waals surface area contributed by atoms with Gasteiger partial charge in [0, 0.05) is 6.42 Å². The highest BCUT2D eigenvalue weighted by Crippen LogP contribution is 2.38. The average Bonchev–Trinajstić information content (AvgIpc) is 3.24. The highest BCUT2D eigenvalue weighted by molar-refractivity contribution is 7.45. The summed E-state index contributed by atoms with van der Waals surface area (Å²) in [6.45, 7) is 4.51. The minimum Gasteiger partial charge on any atom is -0.756 e. The molecule has 0 saturated carbocycles. The first-order valence-corrected chi connectivity index (χ1v) is 27.6. The SMILES string of the molecule is CC/C=C\C/C=C\C/C=C\C/C=C\CCCCC(=O)NC(COP(=O)([O-])OCC[N+](C)(C)C)C(O)/C=C/CCCCCCCCCCCCCCCCCCCCCCCCCC. The van der Waals surface area contributed by atoms with Crippen LogP contribution in [0.3, 0.4) is 0 Å². The van der Waals surface area contributed by atoms with E-state index in [0.29, 0.717) is 17.4 Å². The number of hydrogen-bond donors (Lipinski definition) is 2. The second-order valence-corrected chi connectivity index (χ2v) is 20.3. The van der Waals surface area contributed by atoms with Gasteiger partial charge in [0.25, 0.3) is 7.82 Å². The van der Waals surface area contributed by atoms with Gasteiger partial charge in [0.1, 0.15) is 13.2 Å². The van der Waals surface area contributed by atoms with Crippen LogP contribution in [0.1, 0.15) is 226 Å². The van der Waals surface area contributed by atoms with Crippen molar-refractivity contribution in [3.63, 3.8) is 0 Å². The third-order valence-electron chi connectivity index (χ3n) is 11.5. The predicted octanol–water partition coefficient (Wildman–Crippen LogP) is 14.7. The number of aliphatic hydroxyl groups is 1. The summed E-state index contributed by atoms with van der Waals surface area (Å²) in [5.41, 5.74) is 0. The fourth-order valence-electron chi connectivity index (χ4n) is 7.38. The molecule has 9 heteroatoms. The van der Waals surface area contributed by atoms with Gasteiger partial charge in [-0.1, -0.05) is 222 Å². The van der Waals surface area contributed by atoms with Crippen molar-refractivity contribution < 1.29 is 32.9 Å². The summed E-state index contributed by atoms with van der Waals surface area (Å²) in [7, 11) is 1.23. The van der Waals surface area contributed by atoms with Crippen molar-refractivity contribution in [3.05, 3.63) is 60.8 Å². The van der Waals surface area contributed by atoms with Gasteiger partial charge in [0.2, 0.25) is 5.91 Å². The maximum atomic E-state index is 12.9. The summed E-state index contributed by atoms with van der Waals surface area (Å²) in [4.78, 5) is 25.4. The average molecular weight is 905 g/mol. The zero-order valence-corrected chi connectivity index (χ0v) is 42.7. The van der Waals surface area contributed by atoms with E-state index in [1.807, 2.05) is 27.2 Å². The molecule has 1 amide bonds. The summed E-state index contributed by atoms with van der Waals surface area (Å²) in [5, 5.41) is 13.8. The van der Waals surface area contributed by atoms with Gasteiger partial charge in [-0.05, 0) is 57.8 Å². The number of amides is 1. The van der Waals surface area contributed by atoms with Gasteiger partial charge in [-0.2, -0.15) is 0 Å². The normalized spacial score (nSPS) is 14.6. The van der Waals surface area contributed by atoms with E-state index in [9.17, 15) is 19.4 Å². The molecule has 0 fully saturated rings. The number of aliphatic hydroxyl groups excluding tert-OH is 1. The molecule has 0 aromatic rings. The number of nitrogens with one attached hydrogen (secondary N) is 1. The Labute approximate surface area is 390 Å². The Hall–Kier alpha value is -1.80. The highest BCUT2D eigenvalue weighted by atomic mass is 31.2. The second-order valence-electron chi connectivity index (χ2n) is 18.9. The van der Waals surface area contributed by atoms with Crippen LogP contribution in [0.5, 0.6) is 0 Å². The Morgan fingerprint density at radius 2 is 0.968 bits per heavy atom. The lowest BCUT2D eigenvalue weighted by molar-refractivity contribution is -0.870. The third kappa shape index (κ3) is 48.0. The number of unbranched alkanes of at least 4 members (excludes halogenated alkanes) is 26. The lowest BCUT2D eigenvalue weighted by Crippen LogP contribution is -2.45. The topological polar surface area (TPSA) is 108 Å². The number of carbonyl (C=O) groups is 1. The van der Waals surface area contributed by atoms with Crippen LogP contribution in [0.4, 0.5) is 0 Å². The second kappa shape index (κ2) is 45.4. The van der Waals surface area contributed by atoms with E-state index in [2.05, 4.69) is 67.8 Å². The first kappa shape index (κ1) is 61.2. The molecule has 0 spiro atoms. The van der Waals surface area contributed by atoms with Crippen molar-refractivity contribution in [2.24, 2.45) is 0 Å². The molecule has 0 radical (unpaired) electrons. The van der Waals surface area contributed by atoms with Crippen LogP contribution in [0, 0.1) is 0 Å². The number of phosphoric acid groups is 1. The maximum absolute atomic E-state index is 12.9. The highest BCUT2D eigenvalue weighted by Gasteiger charge is 2.23. The molecule has 0 heterocycles. The van der Waals surface area contributed by atoms with E-state index in [0.717, 1.165) is 57.8 Å². The smallest absolute Gasteiger partial charge is 0.268 e. The molecular formula is C54H101N2O6P. The number of allylic oxidation sites excluding steroid dienone is 9. The van der Waals surface area contributed by atoms with E-state index in [1.165, 1.54) is 141 Å². The van der Waals surface area contributed by atoms with Crippen molar-refractivity contribution >= 4 is 13.7 Å². The molecule has 2 N–H and O–H groups in total. The molecule has 3 atom stereocenters. The van der Waals surface area contributed by atoms with Crippen LogP contribution in [-0.4, -0.2) is 68.5 Å². The molecule has 3 unspecified atom stereocenters. The number of nitrogens with zero attached hydrogens (tertiary/aromatic N) is 1. The van der Waals surface area contributed by atoms with Crippen LogP contribution in [-0.2, 0) is 18.4 Å². The molecule has 63 heavy (non-hydrogen) atoms. The van der Waals surface area contributed by atoms with Gasteiger partial charge in [-0.15, -0.1) is 0 Å². The first-order chi connectivity index (χ1) is 30.5. The zero-order valence-electron chi connectivity index (χ0n) is 41.8. The lowest BCUT2D eigenvalue weighted by Gasteiger charge is -2.29. The number of phosphoric ester groups is 1. The molecule has 8 nitrogen and oxygen atoms in total. The number of carbonyl (C=O) groups excluding carboxylic acids is 1. The lowest BCUT2D eigenvalue weighted by atomic mass is 10.0. The van der Waals surface area contributed by atoms with Gasteiger partial charge >= 0.3 is 0 Å². The van der Waals surface area contributed by atoms with E-state index >= 15 is 0 Å². The Morgan fingerprint density at radius 1 is 0.571 bits per heavy atom. The molecule has 0 saturated heterocycles. The Kier molecular flexibility index (Phi) is 44.1. The Morgan fingerprint density at radius 3 is 1.41 bits per heavy atom. The summed E-state index contributed by atoms with van der Waals surface area (Å²) in [6, 6.07) is -0.911. The van der Waals surface area contributed by atoms with E-state index in [-0.39, 0.29) is 18.9 Å². The molecular weight excluding hydrogens is 804 g/mol. The van der Waals surface area contributed by atoms with Gasteiger partial charge in [0.15, 0.2) is 0 Å². The van der Waals surface area contributed by atoms with Crippen molar-refractivity contribution in [1.29, 1.82) is 0 Å². The largest absolute Gasteiger partial charge is 0.756 e. The summed E-state index contributed by atoms with van der Waals surface area (Å²) < 4.78 is 23.2. The van der Waals surface area contributed by atoms with Crippen LogP contribution < -0.4 is 10.2 Å². The minimum atomic E-state index is -4.61. The monoisotopic (exact) mass is 905 g/mol. The minimum absolute atomic E-state index is 0.0113. The van der Waals surface area contributed by atoms with E-state index in [1.54, 1.807) is 6.08 Å². The number of rotatable bonds is 47. The van der Waals surface area contributed by atoms with Gasteiger partial charge in [0.05, 0.1) is 39.9 Å². The van der Waals surface area contributed by atoms with Gasteiger partial charge < -0.3 is 28.8 Å². The first-order valence-electron chi connectivity index (χ1n) is 26.2. The third-order valence-corrected chi connectivity index (χ3v) is 12.4. The molecule has 0 aliphatic heterocycles. The molecule has 0 rings (SSSR count). The molecule has 0 aromatic carbocycles. The molecule has 0 bridgehead atoms. The van der Waals surface area contributed by atoms with Crippen molar-refractivity contribution in [3.8, 4) is 0 Å². The van der Waals surface area contributed by atoms with E-state index < -0.39 is 26.6 Å². The molecule has 368 valence electrons. The Balaban J connectivity index is 4.27. The zero-order chi connectivity index (χ0) is 46.4. The van der Waals surface area contributed by atoms with Gasteiger partial charge in [-0.3, -0.25) is 9.36 Å². The Bertz CT molecular complexity index is 1210. The fraction of sp³-hybridized carbons (Fsp3) is 0.796. The molecule has 0 aliphatic rings. The predicted molar refractivity (Wildman–Crippen MR) is 270 cm³/mol. The standard InChI is InChI=1S/C54H101N2O6P/c1-6-8-10-12-14-16-18-20-22-23-24-25-26-27-28-29-30-31-32-34-35-37-39-41-43-45-47-53(57)52(51-62-63(59,60)61-50-49-56(3,4)5)55-54(58)48-46-44-42-40-38-36-33-21-19-17-15-13-11-9-7-2/h9,11,15,17,21,33,38,40,45,47,52-53,57H,6-8,10,12-14,16,18-20,22-32,34-37,39,41-44,46,48-51H2,1-5H3,(H-,55,58,59,60)/b11-9-,17-15-,33-21-,40-38-,47-45+. The summed E-state index contributed by atoms with van der Waals surface area (Å²) >= 11 is 0. The number of hydrogen-bond acceptors (Lipinski definition) is 6. The van der Waals surface area contributed by atoms with Crippen molar-refractivity contribution in [2.75, 3.05) is 40.9 Å². The van der Waals surface area contributed by atoms with Gasteiger partial charge in [-0.25, -0.2) is 0 Å². The molecule has 0 aliphatic carbocycles. The number of quaternary nitrogens is 1. The van der Waals surface area contributed by atoms with Crippen LogP contribution in [0.2, 0.25) is 0 Å². The molecule has 0 aromatic heterocycles. The van der Waals surface area contributed by atoms with Crippen LogP contribution in [0.15, 0.2) is 60.8 Å². The van der Waals surface area contributed by atoms with Crippen LogP contribution in [0.25, 0.3) is 0 Å². The fourth-order valence-corrected chi connectivity index (χ4v) is 8.10. The van der Waals surface area contributed by atoms with E-state index in [4.69, 9.17) is 9.05 Å². The van der Waals surface area contributed by atoms with Crippen molar-refractivity contribution in [1.82, 2.24) is 5.32 Å². The van der Waals surface area contributed by atoms with Crippen molar-refractivity contribution in [2.45, 2.75) is 238 Å². The van der Waals surface area contributed by atoms with Crippen LogP contribution >= 0.6 is 7.82 Å². The number of likely N-dealkylation sites (N-methyl/N-ethyl adjacent to an activating group) is 1.